The van der Waals surface area contributed by atoms with E-state index in [0.717, 1.165) is 65.9 Å². The third kappa shape index (κ3) is 4.93. The van der Waals surface area contributed by atoms with Crippen LogP contribution in [0.25, 0.3) is 28.1 Å². The maximum atomic E-state index is 13.2. The molecule has 5 rings (SSSR count). The first kappa shape index (κ1) is 25.7. The number of nitrogens with zero attached hydrogens (tertiary/aromatic N) is 3. The Hall–Kier alpha value is -3.98. The monoisotopic (exact) mass is 520 g/mol. The maximum absolute atomic E-state index is 13.2. The highest BCUT2D eigenvalue weighted by molar-refractivity contribution is 5.98. The second kappa shape index (κ2) is 10.4. The first-order valence-electron chi connectivity index (χ1n) is 12.4. The van der Waals surface area contributed by atoms with E-state index in [9.17, 15) is 18.0 Å². The van der Waals surface area contributed by atoms with Crippen molar-refractivity contribution in [2.75, 3.05) is 20.2 Å². The van der Waals surface area contributed by atoms with E-state index in [1.54, 1.807) is 6.20 Å². The highest BCUT2D eigenvalue weighted by atomic mass is 19.4. The van der Waals surface area contributed by atoms with Gasteiger partial charge in [0.15, 0.2) is 0 Å². The lowest BCUT2D eigenvalue weighted by Gasteiger charge is -2.28. The van der Waals surface area contributed by atoms with E-state index in [-0.39, 0.29) is 5.92 Å². The Morgan fingerprint density at radius 1 is 1.03 bits per heavy atom. The first-order chi connectivity index (χ1) is 18.3. The number of benzene rings is 3. The average molecular weight is 521 g/mol. The minimum absolute atomic E-state index is 0.0973. The van der Waals surface area contributed by atoms with Crippen molar-refractivity contribution >= 4 is 5.97 Å². The molecule has 0 amide bonds. The molecule has 0 radical (unpaired) electrons. The van der Waals surface area contributed by atoms with Gasteiger partial charge in [-0.3, -0.25) is 0 Å². The smallest absolute Gasteiger partial charge is 0.416 e. The van der Waals surface area contributed by atoms with Crippen LogP contribution < -0.4 is 5.32 Å². The van der Waals surface area contributed by atoms with E-state index in [1.165, 1.54) is 23.9 Å². The summed E-state index contributed by atoms with van der Waals surface area (Å²) < 4.78 is 45.8. The summed E-state index contributed by atoms with van der Waals surface area (Å²) >= 11 is 0. The van der Waals surface area contributed by atoms with Crippen LogP contribution in [0.2, 0.25) is 0 Å². The quantitative estimate of drug-likeness (QED) is 0.318. The van der Waals surface area contributed by atoms with E-state index in [1.807, 2.05) is 43.3 Å². The summed E-state index contributed by atoms with van der Waals surface area (Å²) in [5.74, 6) is -0.315. The molecule has 1 aromatic heterocycles. The summed E-state index contributed by atoms with van der Waals surface area (Å²) in [6.45, 7) is 3.58. The highest BCUT2D eigenvalue weighted by Gasteiger charge is 2.31. The SMILES string of the molecule is COC(=O)c1c(C)c(-c2ccccc2)cc(-c2cn(-c3ccc(C(F)(F)F)cc3)nn2)c1C1CCNCC1. The highest BCUT2D eigenvalue weighted by Crippen LogP contribution is 2.42. The normalized spacial score (nSPS) is 14.4. The zero-order chi connectivity index (χ0) is 26.9. The molecule has 196 valence electrons. The number of rotatable bonds is 5. The van der Waals surface area contributed by atoms with Crippen molar-refractivity contribution in [3.05, 3.63) is 89.1 Å². The van der Waals surface area contributed by atoms with Crippen LogP contribution in [0.3, 0.4) is 0 Å². The van der Waals surface area contributed by atoms with E-state index >= 15 is 0 Å². The number of halogens is 3. The van der Waals surface area contributed by atoms with Gasteiger partial charge in [0.05, 0.1) is 30.1 Å². The Kier molecular flexibility index (Phi) is 7.03. The summed E-state index contributed by atoms with van der Waals surface area (Å²) in [7, 11) is 1.38. The van der Waals surface area contributed by atoms with Gasteiger partial charge in [0.25, 0.3) is 0 Å². The molecule has 0 spiro atoms. The molecule has 0 unspecified atom stereocenters. The fourth-order valence-electron chi connectivity index (χ4n) is 5.15. The Labute approximate surface area is 218 Å². The van der Waals surface area contributed by atoms with Crippen molar-refractivity contribution in [3.63, 3.8) is 0 Å². The van der Waals surface area contributed by atoms with Crippen molar-refractivity contribution in [2.45, 2.75) is 31.9 Å². The molecular formula is C29H27F3N4O2. The van der Waals surface area contributed by atoms with Crippen LogP contribution in [0.15, 0.2) is 66.9 Å². The minimum atomic E-state index is -4.42. The van der Waals surface area contributed by atoms with Gasteiger partial charge in [0.2, 0.25) is 0 Å². The zero-order valence-electron chi connectivity index (χ0n) is 21.0. The van der Waals surface area contributed by atoms with Crippen LogP contribution in [-0.2, 0) is 10.9 Å². The number of carbonyl (C=O) groups is 1. The summed E-state index contributed by atoms with van der Waals surface area (Å²) in [5.41, 5.74) is 5.06. The molecule has 0 bridgehead atoms. The summed E-state index contributed by atoms with van der Waals surface area (Å²) in [4.78, 5) is 13.2. The fourth-order valence-corrected chi connectivity index (χ4v) is 5.15. The molecule has 1 aliphatic rings. The van der Waals surface area contributed by atoms with Crippen LogP contribution in [0, 0.1) is 6.92 Å². The second-order valence-electron chi connectivity index (χ2n) is 9.36. The molecule has 0 atom stereocenters. The molecule has 6 nitrogen and oxygen atoms in total. The van der Waals surface area contributed by atoms with Crippen molar-refractivity contribution in [1.29, 1.82) is 0 Å². The van der Waals surface area contributed by atoms with Gasteiger partial charge in [-0.2, -0.15) is 13.2 Å². The molecule has 9 heteroatoms. The van der Waals surface area contributed by atoms with Crippen LogP contribution in [0.5, 0.6) is 0 Å². The summed E-state index contributed by atoms with van der Waals surface area (Å²) in [6.07, 6.45) is -1.05. The van der Waals surface area contributed by atoms with Crippen LogP contribution in [-0.4, -0.2) is 41.2 Å². The number of nitrogens with one attached hydrogen (secondary N) is 1. The molecule has 2 heterocycles. The number of carbonyl (C=O) groups excluding carboxylic acids is 1. The maximum Gasteiger partial charge on any atom is 0.416 e. The number of alkyl halides is 3. The third-order valence-corrected chi connectivity index (χ3v) is 7.08. The van der Waals surface area contributed by atoms with E-state index in [0.29, 0.717) is 16.9 Å². The van der Waals surface area contributed by atoms with Gasteiger partial charge < -0.3 is 10.1 Å². The van der Waals surface area contributed by atoms with Gasteiger partial charge >= 0.3 is 12.1 Å². The van der Waals surface area contributed by atoms with Gasteiger partial charge in [0.1, 0.15) is 5.69 Å². The summed E-state index contributed by atoms with van der Waals surface area (Å²) in [6, 6.07) is 16.6. The number of aromatic nitrogens is 3. The van der Waals surface area contributed by atoms with Crippen molar-refractivity contribution in [2.24, 2.45) is 0 Å². The largest absolute Gasteiger partial charge is 0.465 e. The van der Waals surface area contributed by atoms with Crippen LogP contribution in [0.1, 0.15) is 45.8 Å². The van der Waals surface area contributed by atoms with Gasteiger partial charge in [-0.15, -0.1) is 5.10 Å². The number of methoxy groups -OCH3 is 1. The van der Waals surface area contributed by atoms with E-state index < -0.39 is 17.7 Å². The average Bonchev–Trinajstić information content (AvgIpc) is 3.43. The zero-order valence-corrected chi connectivity index (χ0v) is 21.0. The van der Waals surface area contributed by atoms with Crippen molar-refractivity contribution in [1.82, 2.24) is 20.3 Å². The van der Waals surface area contributed by atoms with Crippen molar-refractivity contribution in [3.8, 4) is 28.1 Å². The van der Waals surface area contributed by atoms with Gasteiger partial charge in [0, 0.05) is 5.56 Å². The second-order valence-corrected chi connectivity index (χ2v) is 9.36. The number of piperidine rings is 1. The lowest BCUT2D eigenvalue weighted by atomic mass is 9.79. The molecular weight excluding hydrogens is 493 g/mol. The van der Waals surface area contributed by atoms with Crippen molar-refractivity contribution < 1.29 is 22.7 Å². The molecule has 38 heavy (non-hydrogen) atoms. The topological polar surface area (TPSA) is 69.0 Å². The number of esters is 1. The van der Waals surface area contributed by atoms with E-state index in [4.69, 9.17) is 4.74 Å². The molecule has 1 N–H and O–H groups in total. The standard InChI is InChI=1S/C29H27F3N4O2/c1-18-23(19-6-4-3-5-7-19)16-24(27(26(18)28(37)38-2)20-12-14-33-15-13-20)25-17-36(35-34-25)22-10-8-21(9-11-22)29(30,31)32/h3-11,16-17,20,33H,12-15H2,1-2H3. The Balaban J connectivity index is 1.69. The van der Waals surface area contributed by atoms with Crippen LogP contribution in [0.4, 0.5) is 13.2 Å². The number of ether oxygens (including phenoxy) is 1. The lowest BCUT2D eigenvalue weighted by Crippen LogP contribution is -2.28. The number of hydrogen-bond acceptors (Lipinski definition) is 5. The van der Waals surface area contributed by atoms with Gasteiger partial charge in [-0.05, 0) is 91.4 Å². The molecule has 4 aromatic rings. The molecule has 1 saturated heterocycles. The Morgan fingerprint density at radius 2 is 1.71 bits per heavy atom. The minimum Gasteiger partial charge on any atom is -0.465 e. The molecule has 0 aliphatic carbocycles. The molecule has 1 aliphatic heterocycles. The fraction of sp³-hybridized carbons (Fsp3) is 0.276. The lowest BCUT2D eigenvalue weighted by molar-refractivity contribution is -0.137. The Morgan fingerprint density at radius 3 is 2.34 bits per heavy atom. The van der Waals surface area contributed by atoms with Crippen LogP contribution >= 0.6 is 0 Å². The number of hydrogen-bond donors (Lipinski definition) is 1. The molecule has 3 aromatic carbocycles. The van der Waals surface area contributed by atoms with E-state index in [2.05, 4.69) is 15.6 Å². The molecule has 1 fully saturated rings. The van der Waals surface area contributed by atoms with Gasteiger partial charge in [-0.1, -0.05) is 35.5 Å². The van der Waals surface area contributed by atoms with Gasteiger partial charge in [-0.25, -0.2) is 9.48 Å². The summed E-state index contributed by atoms with van der Waals surface area (Å²) in [5, 5.41) is 12.0. The molecule has 0 saturated carbocycles. The Bertz CT molecular complexity index is 1440. The third-order valence-electron chi connectivity index (χ3n) is 7.08. The predicted octanol–water partition coefficient (Wildman–Crippen LogP) is 6.18. The predicted molar refractivity (Wildman–Crippen MR) is 138 cm³/mol. The first-order valence-corrected chi connectivity index (χ1v) is 12.4.